The minimum Gasteiger partial charge on any atom is -0.449 e. The molecular formula is C28H30N4O6S. The van der Waals surface area contributed by atoms with Gasteiger partial charge in [0.05, 0.1) is 11.5 Å². The number of primary amides is 1. The number of hydrogen-bond acceptors (Lipinski definition) is 7. The Balaban J connectivity index is 1.80. The van der Waals surface area contributed by atoms with Gasteiger partial charge in [-0.15, -0.1) is 0 Å². The molecule has 2 aliphatic rings. The second-order valence-corrected chi connectivity index (χ2v) is 10.2. The standard InChI is InChI=1S/C28H30N4O6S/c1-3-17-13-19-8-7-18(17)11-12-38-28(35)31-23-9-10-24(39(36)37)21(15-23)16-32(2)27(34)25(19)30-22-6-4-5-20(14-22)26(29)33/h4-10,13-15,25,30,39H,3,11-12,16H2,1-2H3,(H2,29,33)(H,31,35). The van der Waals surface area contributed by atoms with Gasteiger partial charge in [0, 0.05) is 37.0 Å². The van der Waals surface area contributed by atoms with E-state index in [-0.39, 0.29) is 24.0 Å². The topological polar surface area (TPSA) is 148 Å². The summed E-state index contributed by atoms with van der Waals surface area (Å²) in [5, 5.41) is 5.86. The third-order valence-electron chi connectivity index (χ3n) is 6.56. The van der Waals surface area contributed by atoms with E-state index in [1.807, 2.05) is 25.1 Å². The van der Waals surface area contributed by atoms with E-state index in [1.54, 1.807) is 31.3 Å². The number of amides is 3. The number of nitrogens with one attached hydrogen (secondary N) is 2. The van der Waals surface area contributed by atoms with Crippen molar-refractivity contribution in [2.45, 2.75) is 37.2 Å². The summed E-state index contributed by atoms with van der Waals surface area (Å²) in [5.74, 6) is -0.919. The van der Waals surface area contributed by atoms with Gasteiger partial charge >= 0.3 is 6.09 Å². The van der Waals surface area contributed by atoms with E-state index in [2.05, 4.69) is 10.6 Å². The number of thiol groups is 1. The van der Waals surface area contributed by atoms with Crippen LogP contribution in [0.1, 0.15) is 45.6 Å². The molecule has 3 aromatic carbocycles. The summed E-state index contributed by atoms with van der Waals surface area (Å²) < 4.78 is 29.2. The van der Waals surface area contributed by atoms with Crippen LogP contribution in [-0.4, -0.2) is 44.9 Å². The van der Waals surface area contributed by atoms with Crippen LogP contribution >= 0.6 is 0 Å². The van der Waals surface area contributed by atoms with Gasteiger partial charge in [0.15, 0.2) is 10.7 Å². The van der Waals surface area contributed by atoms with Crippen molar-refractivity contribution in [3.63, 3.8) is 0 Å². The van der Waals surface area contributed by atoms with Gasteiger partial charge in [-0.05, 0) is 65.1 Å². The highest BCUT2D eigenvalue weighted by Gasteiger charge is 2.26. The van der Waals surface area contributed by atoms with Crippen LogP contribution in [0.25, 0.3) is 0 Å². The van der Waals surface area contributed by atoms with Crippen LogP contribution in [0.4, 0.5) is 16.2 Å². The minimum absolute atomic E-state index is 0.0414. The zero-order valence-electron chi connectivity index (χ0n) is 21.6. The molecule has 0 aromatic heterocycles. The predicted molar refractivity (Wildman–Crippen MR) is 147 cm³/mol. The van der Waals surface area contributed by atoms with Crippen molar-refractivity contribution < 1.29 is 27.5 Å². The van der Waals surface area contributed by atoms with Crippen molar-refractivity contribution in [2.24, 2.45) is 5.73 Å². The first-order valence-electron chi connectivity index (χ1n) is 12.4. The first-order chi connectivity index (χ1) is 18.7. The second kappa shape index (κ2) is 12.0. The maximum atomic E-state index is 13.9. The molecule has 0 aliphatic carbocycles. The zero-order valence-corrected chi connectivity index (χ0v) is 22.5. The van der Waals surface area contributed by atoms with Gasteiger partial charge in [-0.2, -0.15) is 0 Å². The van der Waals surface area contributed by atoms with E-state index in [9.17, 15) is 22.8 Å². The Morgan fingerprint density at radius 3 is 2.62 bits per heavy atom. The number of nitrogens with two attached hydrogens (primary N) is 1. The van der Waals surface area contributed by atoms with E-state index in [0.29, 0.717) is 40.9 Å². The summed E-state index contributed by atoms with van der Waals surface area (Å²) in [5.41, 5.74) is 9.62. The number of likely N-dealkylation sites (N-methyl/N-ethyl adjacent to an activating group) is 1. The number of carbonyl (C=O) groups excluding carboxylic acids is 3. The normalized spacial score (nSPS) is 16.1. The molecule has 204 valence electrons. The molecule has 0 fully saturated rings. The summed E-state index contributed by atoms with van der Waals surface area (Å²) in [6, 6.07) is 15.8. The fourth-order valence-corrected chi connectivity index (χ4v) is 5.11. The third-order valence-corrected chi connectivity index (χ3v) is 7.39. The number of ether oxygens (including phenoxy) is 1. The number of carbonyl (C=O) groups is 3. The molecule has 10 nitrogen and oxygen atoms in total. The van der Waals surface area contributed by atoms with Crippen molar-refractivity contribution in [1.82, 2.24) is 4.90 Å². The Morgan fingerprint density at radius 1 is 1.10 bits per heavy atom. The molecule has 0 radical (unpaired) electrons. The number of anilines is 2. The van der Waals surface area contributed by atoms with Crippen LogP contribution in [0.15, 0.2) is 65.6 Å². The van der Waals surface area contributed by atoms with Crippen molar-refractivity contribution in [3.05, 3.63) is 88.5 Å². The number of rotatable bonds is 5. The van der Waals surface area contributed by atoms with Gasteiger partial charge in [-0.1, -0.05) is 31.2 Å². The van der Waals surface area contributed by atoms with Gasteiger partial charge in [-0.3, -0.25) is 14.9 Å². The lowest BCUT2D eigenvalue weighted by molar-refractivity contribution is -0.131. The second-order valence-electron chi connectivity index (χ2n) is 9.21. The largest absolute Gasteiger partial charge is 0.449 e. The van der Waals surface area contributed by atoms with Gasteiger partial charge in [-0.25, -0.2) is 13.2 Å². The number of aryl methyl sites for hydroxylation is 1. The van der Waals surface area contributed by atoms with Crippen molar-refractivity contribution in [3.8, 4) is 0 Å². The Labute approximate surface area is 228 Å². The fourth-order valence-electron chi connectivity index (χ4n) is 4.54. The number of nitrogens with zero attached hydrogens (tertiary/aromatic N) is 1. The molecule has 11 heteroatoms. The summed E-state index contributed by atoms with van der Waals surface area (Å²) in [6.45, 7) is 2.10. The zero-order chi connectivity index (χ0) is 28.1. The molecule has 5 rings (SSSR count). The molecule has 0 saturated carbocycles. The molecular weight excluding hydrogens is 520 g/mol. The smallest absolute Gasteiger partial charge is 0.411 e. The average molecular weight is 551 g/mol. The van der Waals surface area contributed by atoms with Crippen molar-refractivity contribution in [1.29, 1.82) is 0 Å². The summed E-state index contributed by atoms with van der Waals surface area (Å²) in [4.78, 5) is 39.5. The SMILES string of the molecule is CCc1cc2ccc1CCOC(=O)Nc1ccc([SH](=O)=O)c(c1)CN(C)C(=O)C2Nc1cccc(C(N)=O)c1. The molecule has 1 unspecified atom stereocenters. The van der Waals surface area contributed by atoms with Gasteiger partial charge < -0.3 is 20.7 Å². The highest BCUT2D eigenvalue weighted by molar-refractivity contribution is 7.72. The number of hydrogen-bond donors (Lipinski definition) is 4. The van der Waals surface area contributed by atoms with Crippen LogP contribution in [0.3, 0.4) is 0 Å². The molecule has 0 spiro atoms. The summed E-state index contributed by atoms with van der Waals surface area (Å²) in [7, 11) is -1.38. The van der Waals surface area contributed by atoms with E-state index in [0.717, 1.165) is 11.1 Å². The van der Waals surface area contributed by atoms with E-state index < -0.39 is 28.7 Å². The Bertz CT molecular complexity index is 1500. The molecule has 4 N–H and O–H groups in total. The summed E-state index contributed by atoms with van der Waals surface area (Å²) >= 11 is 0. The van der Waals surface area contributed by atoms with E-state index >= 15 is 0 Å². The lowest BCUT2D eigenvalue weighted by Crippen LogP contribution is -2.35. The molecule has 3 aromatic rings. The maximum Gasteiger partial charge on any atom is 0.411 e. The number of benzene rings is 3. The molecule has 0 saturated heterocycles. The Hall–Kier alpha value is -4.38. The highest BCUT2D eigenvalue weighted by Crippen LogP contribution is 2.27. The Morgan fingerprint density at radius 2 is 1.90 bits per heavy atom. The number of fused-ring (bicyclic) bond motifs is 9. The molecule has 2 aliphatic heterocycles. The average Bonchev–Trinajstić information content (AvgIpc) is 2.91. The van der Waals surface area contributed by atoms with Gasteiger partial charge in [0.1, 0.15) is 6.04 Å². The highest BCUT2D eigenvalue weighted by atomic mass is 32.2. The maximum absolute atomic E-state index is 13.9. The first kappa shape index (κ1) is 27.6. The molecule has 2 heterocycles. The lowest BCUT2D eigenvalue weighted by atomic mass is 9.95. The third kappa shape index (κ3) is 6.55. The van der Waals surface area contributed by atoms with Crippen molar-refractivity contribution in [2.75, 3.05) is 24.3 Å². The molecule has 1 atom stereocenters. The van der Waals surface area contributed by atoms with Crippen LogP contribution in [-0.2, 0) is 39.6 Å². The van der Waals surface area contributed by atoms with Crippen molar-refractivity contribution >= 4 is 40.0 Å². The lowest BCUT2D eigenvalue weighted by Gasteiger charge is -2.27. The first-order valence-corrected chi connectivity index (χ1v) is 13.6. The molecule has 3 amide bonds. The van der Waals surface area contributed by atoms with Crippen LogP contribution in [0.5, 0.6) is 0 Å². The van der Waals surface area contributed by atoms with Crippen LogP contribution in [0.2, 0.25) is 0 Å². The monoisotopic (exact) mass is 550 g/mol. The summed E-state index contributed by atoms with van der Waals surface area (Å²) in [6.07, 6.45) is 0.506. The minimum atomic E-state index is -2.95. The van der Waals surface area contributed by atoms with Crippen LogP contribution in [0, 0.1) is 0 Å². The van der Waals surface area contributed by atoms with E-state index in [1.165, 1.54) is 23.1 Å². The van der Waals surface area contributed by atoms with Gasteiger partial charge in [0.25, 0.3) is 0 Å². The quantitative estimate of drug-likeness (QED) is 0.357. The van der Waals surface area contributed by atoms with Crippen LogP contribution < -0.4 is 16.4 Å². The Kier molecular flexibility index (Phi) is 8.50. The fraction of sp³-hybridized carbons (Fsp3) is 0.250. The van der Waals surface area contributed by atoms with Gasteiger partial charge in [0.2, 0.25) is 11.8 Å². The predicted octanol–water partition coefficient (Wildman–Crippen LogP) is 3.23. The molecule has 4 bridgehead atoms. The molecule has 39 heavy (non-hydrogen) atoms. The van der Waals surface area contributed by atoms with E-state index in [4.69, 9.17) is 10.5 Å².